The summed E-state index contributed by atoms with van der Waals surface area (Å²) in [7, 11) is 0. The molecule has 0 radical (unpaired) electrons. The van der Waals surface area contributed by atoms with Crippen LogP contribution in [0.2, 0.25) is 0 Å². The van der Waals surface area contributed by atoms with Crippen molar-refractivity contribution in [3.8, 4) is 5.75 Å². The van der Waals surface area contributed by atoms with Gasteiger partial charge in [0.1, 0.15) is 12.4 Å². The van der Waals surface area contributed by atoms with Crippen LogP contribution < -0.4 is 4.74 Å². The molecule has 0 atom stereocenters. The lowest BCUT2D eigenvalue weighted by Gasteiger charge is -2.07. The fourth-order valence-electron chi connectivity index (χ4n) is 0.923. The minimum Gasteiger partial charge on any atom is -0.481 e. The molecule has 0 N–H and O–H groups in total. The summed E-state index contributed by atoms with van der Waals surface area (Å²) in [5.41, 5.74) is 0. The van der Waals surface area contributed by atoms with Crippen LogP contribution >= 0.6 is 47.8 Å². The first-order chi connectivity index (χ1) is 7.63. The van der Waals surface area contributed by atoms with Crippen LogP contribution in [-0.2, 0) is 9.53 Å². The van der Waals surface area contributed by atoms with Crippen LogP contribution in [0.1, 0.15) is 0 Å². The third kappa shape index (κ3) is 4.84. The number of benzene rings is 1. The van der Waals surface area contributed by atoms with E-state index in [1.165, 1.54) is 0 Å². The maximum Gasteiger partial charge on any atom is 0.344 e. The summed E-state index contributed by atoms with van der Waals surface area (Å²) < 4.78 is 11.9. The predicted octanol–water partition coefficient (Wildman–Crippen LogP) is 3.53. The molecule has 0 aliphatic carbocycles. The van der Waals surface area contributed by atoms with Gasteiger partial charge in [-0.1, -0.05) is 31.9 Å². The number of carbonyl (C=O) groups is 1. The molecule has 1 aromatic carbocycles. The zero-order valence-electron chi connectivity index (χ0n) is 8.21. The molecular formula is C10H9Br3O3. The second-order valence-corrected chi connectivity index (χ2v) is 5.34. The molecule has 0 fully saturated rings. The van der Waals surface area contributed by atoms with Crippen LogP contribution in [0.4, 0.5) is 0 Å². The molecule has 1 aromatic rings. The molecule has 88 valence electrons. The average molecular weight is 417 g/mol. The van der Waals surface area contributed by atoms with Gasteiger partial charge >= 0.3 is 5.97 Å². The van der Waals surface area contributed by atoms with Gasteiger partial charge in [0.15, 0.2) is 6.61 Å². The van der Waals surface area contributed by atoms with Crippen molar-refractivity contribution in [1.29, 1.82) is 0 Å². The van der Waals surface area contributed by atoms with Gasteiger partial charge in [-0.2, -0.15) is 0 Å². The number of ether oxygens (including phenoxy) is 2. The largest absolute Gasteiger partial charge is 0.481 e. The topological polar surface area (TPSA) is 35.5 Å². The Balaban J connectivity index is 2.45. The third-order valence-electron chi connectivity index (χ3n) is 1.58. The van der Waals surface area contributed by atoms with Crippen LogP contribution in [0, 0.1) is 0 Å². The Bertz CT molecular complexity index is 368. The zero-order chi connectivity index (χ0) is 12.0. The lowest BCUT2D eigenvalue weighted by molar-refractivity contribution is -0.145. The molecule has 0 spiro atoms. The smallest absolute Gasteiger partial charge is 0.344 e. The maximum atomic E-state index is 11.2. The lowest BCUT2D eigenvalue weighted by Crippen LogP contribution is -2.16. The molecule has 0 aromatic heterocycles. The molecule has 0 bridgehead atoms. The normalized spacial score (nSPS) is 9.94. The molecule has 0 aliphatic rings. The van der Waals surface area contributed by atoms with E-state index in [4.69, 9.17) is 9.47 Å². The highest BCUT2D eigenvalue weighted by atomic mass is 79.9. The molecule has 6 heteroatoms. The highest BCUT2D eigenvalue weighted by Crippen LogP contribution is 2.28. The standard InChI is InChI=1S/C10H9Br3O3/c11-3-4-15-10(14)6-16-9-2-1-7(12)5-8(9)13/h1-2,5H,3-4,6H2. The van der Waals surface area contributed by atoms with E-state index in [-0.39, 0.29) is 12.6 Å². The van der Waals surface area contributed by atoms with E-state index in [9.17, 15) is 4.79 Å². The molecule has 1 rings (SSSR count). The van der Waals surface area contributed by atoms with Crippen molar-refractivity contribution in [2.45, 2.75) is 0 Å². The summed E-state index contributed by atoms with van der Waals surface area (Å²) in [5, 5.41) is 0.626. The van der Waals surface area contributed by atoms with Crippen molar-refractivity contribution in [3.05, 3.63) is 27.1 Å². The van der Waals surface area contributed by atoms with E-state index < -0.39 is 0 Å². The fourth-order valence-corrected chi connectivity index (χ4v) is 2.25. The Kier molecular flexibility index (Phi) is 6.38. The van der Waals surface area contributed by atoms with E-state index >= 15 is 0 Å². The Labute approximate surface area is 119 Å². The zero-order valence-corrected chi connectivity index (χ0v) is 13.0. The van der Waals surface area contributed by atoms with Gasteiger partial charge < -0.3 is 9.47 Å². The second-order valence-electron chi connectivity index (χ2n) is 2.77. The van der Waals surface area contributed by atoms with E-state index in [1.54, 1.807) is 6.07 Å². The van der Waals surface area contributed by atoms with Gasteiger partial charge in [-0.3, -0.25) is 0 Å². The molecular weight excluding hydrogens is 408 g/mol. The van der Waals surface area contributed by atoms with Gasteiger partial charge in [0, 0.05) is 9.80 Å². The molecule has 0 saturated heterocycles. The average Bonchev–Trinajstić information content (AvgIpc) is 2.25. The summed E-state index contributed by atoms with van der Waals surface area (Å²) >= 11 is 9.83. The van der Waals surface area contributed by atoms with Crippen molar-refractivity contribution < 1.29 is 14.3 Å². The number of hydrogen-bond donors (Lipinski definition) is 0. The molecule has 0 amide bonds. The first-order valence-electron chi connectivity index (χ1n) is 4.43. The summed E-state index contributed by atoms with van der Waals surface area (Å²) in [4.78, 5) is 11.2. The van der Waals surface area contributed by atoms with Crippen molar-refractivity contribution >= 4 is 53.8 Å². The highest BCUT2D eigenvalue weighted by Gasteiger charge is 2.06. The molecule has 16 heavy (non-hydrogen) atoms. The Hall–Kier alpha value is -0.0700. The number of esters is 1. The third-order valence-corrected chi connectivity index (χ3v) is 3.02. The summed E-state index contributed by atoms with van der Waals surface area (Å²) in [6.07, 6.45) is 0. The Morgan fingerprint density at radius 3 is 2.69 bits per heavy atom. The number of rotatable bonds is 5. The van der Waals surface area contributed by atoms with Gasteiger partial charge in [0.05, 0.1) is 4.47 Å². The van der Waals surface area contributed by atoms with Crippen molar-refractivity contribution in [2.75, 3.05) is 18.5 Å². The van der Waals surface area contributed by atoms with Crippen LogP contribution in [-0.4, -0.2) is 24.5 Å². The van der Waals surface area contributed by atoms with Crippen LogP contribution in [0.15, 0.2) is 27.1 Å². The molecule has 0 unspecified atom stereocenters. The van der Waals surface area contributed by atoms with Gasteiger partial charge in [0.25, 0.3) is 0 Å². The first kappa shape index (κ1) is 14.0. The van der Waals surface area contributed by atoms with E-state index in [1.807, 2.05) is 12.1 Å². The minimum atomic E-state index is -0.380. The summed E-state index contributed by atoms with van der Waals surface area (Å²) in [6, 6.07) is 5.45. The molecule has 3 nitrogen and oxygen atoms in total. The Morgan fingerprint density at radius 2 is 2.06 bits per heavy atom. The summed E-state index contributed by atoms with van der Waals surface area (Å²) in [6.45, 7) is 0.261. The first-order valence-corrected chi connectivity index (χ1v) is 7.13. The van der Waals surface area contributed by atoms with E-state index in [0.717, 1.165) is 8.95 Å². The fraction of sp³-hybridized carbons (Fsp3) is 0.300. The molecule has 0 aliphatic heterocycles. The Morgan fingerprint density at radius 1 is 1.31 bits per heavy atom. The van der Waals surface area contributed by atoms with Gasteiger partial charge in [-0.25, -0.2) is 4.79 Å². The number of carbonyl (C=O) groups excluding carboxylic acids is 1. The number of alkyl halides is 1. The van der Waals surface area contributed by atoms with Crippen LogP contribution in [0.25, 0.3) is 0 Å². The van der Waals surface area contributed by atoms with Crippen molar-refractivity contribution in [1.82, 2.24) is 0 Å². The maximum absolute atomic E-state index is 11.2. The predicted molar refractivity (Wildman–Crippen MR) is 72.1 cm³/mol. The van der Waals surface area contributed by atoms with Crippen molar-refractivity contribution in [2.24, 2.45) is 0 Å². The van der Waals surface area contributed by atoms with Gasteiger partial charge in [0.2, 0.25) is 0 Å². The lowest BCUT2D eigenvalue weighted by atomic mass is 10.3. The van der Waals surface area contributed by atoms with E-state index in [2.05, 4.69) is 47.8 Å². The quantitative estimate of drug-likeness (QED) is 0.544. The summed E-state index contributed by atoms with van der Waals surface area (Å²) in [5.74, 6) is 0.230. The van der Waals surface area contributed by atoms with Crippen molar-refractivity contribution in [3.63, 3.8) is 0 Å². The van der Waals surface area contributed by atoms with Crippen LogP contribution in [0.5, 0.6) is 5.75 Å². The SMILES string of the molecule is O=C(COc1ccc(Br)cc1Br)OCCBr. The molecule has 0 saturated carbocycles. The van der Waals surface area contributed by atoms with Crippen LogP contribution in [0.3, 0.4) is 0 Å². The van der Waals surface area contributed by atoms with E-state index in [0.29, 0.717) is 17.7 Å². The monoisotopic (exact) mass is 414 g/mol. The van der Waals surface area contributed by atoms with Gasteiger partial charge in [-0.15, -0.1) is 0 Å². The second kappa shape index (κ2) is 7.29. The van der Waals surface area contributed by atoms with Gasteiger partial charge in [-0.05, 0) is 34.1 Å². The highest BCUT2D eigenvalue weighted by molar-refractivity contribution is 9.11. The molecule has 0 heterocycles. The minimum absolute atomic E-state index is 0.0900. The number of halogens is 3. The number of hydrogen-bond acceptors (Lipinski definition) is 3.